The highest BCUT2D eigenvalue weighted by Crippen LogP contribution is 2.26. The molecule has 10 heteroatoms. The van der Waals surface area contributed by atoms with E-state index in [2.05, 4.69) is 15.5 Å². The Bertz CT molecular complexity index is 1170. The van der Waals surface area contributed by atoms with Crippen LogP contribution >= 0.6 is 11.8 Å². The second-order valence-corrected chi connectivity index (χ2v) is 10.4. The topological polar surface area (TPSA) is 97.2 Å². The summed E-state index contributed by atoms with van der Waals surface area (Å²) in [6.07, 6.45) is 1.81. The van der Waals surface area contributed by atoms with Crippen LogP contribution in [0.5, 0.6) is 0 Å². The normalized spacial score (nSPS) is 14.5. The van der Waals surface area contributed by atoms with Crippen molar-refractivity contribution < 1.29 is 13.2 Å². The molecule has 2 heterocycles. The molecular weight excluding hydrogens is 446 g/mol. The molecule has 1 saturated heterocycles. The Morgan fingerprint density at radius 2 is 1.72 bits per heavy atom. The smallest absolute Gasteiger partial charge is 0.243 e. The van der Waals surface area contributed by atoms with Crippen LogP contribution in [-0.2, 0) is 28.4 Å². The van der Waals surface area contributed by atoms with Crippen molar-refractivity contribution in [3.05, 3.63) is 60.2 Å². The van der Waals surface area contributed by atoms with Gasteiger partial charge in [0.2, 0.25) is 15.9 Å². The highest BCUT2D eigenvalue weighted by Gasteiger charge is 2.27. The van der Waals surface area contributed by atoms with Crippen molar-refractivity contribution in [3.63, 3.8) is 0 Å². The second kappa shape index (κ2) is 9.85. The Hall–Kier alpha value is -2.69. The number of carbonyl (C=O) groups is 1. The van der Waals surface area contributed by atoms with Crippen molar-refractivity contribution in [2.24, 2.45) is 7.05 Å². The molecule has 1 aliphatic rings. The first-order valence-corrected chi connectivity index (χ1v) is 12.8. The molecule has 8 nitrogen and oxygen atoms in total. The third-order valence-corrected chi connectivity index (χ3v) is 8.25. The monoisotopic (exact) mass is 471 g/mol. The first-order valence-electron chi connectivity index (χ1n) is 10.4. The SMILES string of the molecule is Cn1c(SCC(=O)NCc2ccccc2)nnc1-c1ccc(S(=O)(=O)N2CCCC2)cc1. The maximum absolute atomic E-state index is 12.7. The van der Waals surface area contributed by atoms with Crippen LogP contribution in [0.2, 0.25) is 0 Å². The number of benzene rings is 2. The Morgan fingerprint density at radius 1 is 1.03 bits per heavy atom. The zero-order chi connectivity index (χ0) is 22.6. The van der Waals surface area contributed by atoms with Gasteiger partial charge in [-0.2, -0.15) is 4.31 Å². The van der Waals surface area contributed by atoms with Gasteiger partial charge in [0, 0.05) is 32.2 Å². The van der Waals surface area contributed by atoms with Crippen molar-refractivity contribution in [1.82, 2.24) is 24.4 Å². The molecule has 2 aromatic carbocycles. The number of hydrogen-bond acceptors (Lipinski definition) is 6. The number of hydrogen-bond donors (Lipinski definition) is 1. The van der Waals surface area contributed by atoms with E-state index in [0.29, 0.717) is 30.6 Å². The maximum atomic E-state index is 12.7. The van der Waals surface area contributed by atoms with Crippen molar-refractivity contribution in [1.29, 1.82) is 0 Å². The van der Waals surface area contributed by atoms with Gasteiger partial charge >= 0.3 is 0 Å². The predicted octanol–water partition coefficient (Wildman–Crippen LogP) is 2.68. The van der Waals surface area contributed by atoms with E-state index >= 15 is 0 Å². The molecular formula is C22H25N5O3S2. The summed E-state index contributed by atoms with van der Waals surface area (Å²) < 4.78 is 28.7. The van der Waals surface area contributed by atoms with Crippen LogP contribution in [0.25, 0.3) is 11.4 Å². The zero-order valence-corrected chi connectivity index (χ0v) is 19.4. The molecule has 1 amide bonds. The van der Waals surface area contributed by atoms with Crippen molar-refractivity contribution in [2.45, 2.75) is 29.4 Å². The average molecular weight is 472 g/mol. The predicted molar refractivity (Wildman–Crippen MR) is 123 cm³/mol. The van der Waals surface area contributed by atoms with E-state index in [1.54, 1.807) is 28.8 Å². The number of rotatable bonds is 8. The standard InChI is InChI=1S/C22H25N5O3S2/c1-26-21(18-9-11-19(12-10-18)32(29,30)27-13-5-6-14-27)24-25-22(26)31-16-20(28)23-15-17-7-3-2-4-8-17/h2-4,7-12H,5-6,13-16H2,1H3,(H,23,28). The molecule has 0 aliphatic carbocycles. The molecule has 32 heavy (non-hydrogen) atoms. The van der Waals surface area contributed by atoms with Crippen molar-refractivity contribution in [2.75, 3.05) is 18.8 Å². The molecule has 168 valence electrons. The molecule has 1 fully saturated rings. The van der Waals surface area contributed by atoms with Gasteiger partial charge in [0.05, 0.1) is 10.6 Å². The highest BCUT2D eigenvalue weighted by atomic mass is 32.2. The number of nitrogens with zero attached hydrogens (tertiary/aromatic N) is 4. The van der Waals surface area contributed by atoms with Crippen LogP contribution in [-0.4, -0.2) is 52.2 Å². The number of aromatic nitrogens is 3. The Kier molecular flexibility index (Phi) is 6.92. The van der Waals surface area contributed by atoms with Crippen LogP contribution in [0.1, 0.15) is 18.4 Å². The average Bonchev–Trinajstić information content (AvgIpc) is 3.48. The second-order valence-electron chi connectivity index (χ2n) is 7.55. The molecule has 0 atom stereocenters. The number of sulfonamides is 1. The Labute approximate surface area is 192 Å². The highest BCUT2D eigenvalue weighted by molar-refractivity contribution is 7.99. The van der Waals surface area contributed by atoms with Crippen LogP contribution in [0.15, 0.2) is 64.6 Å². The first-order chi connectivity index (χ1) is 15.4. The lowest BCUT2D eigenvalue weighted by atomic mass is 10.2. The molecule has 3 aromatic rings. The van der Waals surface area contributed by atoms with E-state index in [4.69, 9.17) is 0 Å². The molecule has 0 bridgehead atoms. The number of nitrogens with one attached hydrogen (secondary N) is 1. The minimum atomic E-state index is -3.44. The summed E-state index contributed by atoms with van der Waals surface area (Å²) in [5, 5.41) is 11.9. The first kappa shape index (κ1) is 22.5. The summed E-state index contributed by atoms with van der Waals surface area (Å²) in [7, 11) is -1.62. The van der Waals surface area contributed by atoms with Gasteiger partial charge in [-0.15, -0.1) is 10.2 Å². The Balaban J connectivity index is 1.37. The van der Waals surface area contributed by atoms with E-state index < -0.39 is 10.0 Å². The number of amides is 1. The fourth-order valence-corrected chi connectivity index (χ4v) is 5.78. The summed E-state index contributed by atoms with van der Waals surface area (Å²) in [4.78, 5) is 12.5. The quantitative estimate of drug-likeness (QED) is 0.508. The van der Waals surface area contributed by atoms with E-state index in [0.717, 1.165) is 24.0 Å². The fraction of sp³-hybridized carbons (Fsp3) is 0.318. The van der Waals surface area contributed by atoms with E-state index in [-0.39, 0.29) is 16.6 Å². The summed E-state index contributed by atoms with van der Waals surface area (Å²) in [6, 6.07) is 16.4. The number of carbonyl (C=O) groups excluding carboxylic acids is 1. The Morgan fingerprint density at radius 3 is 2.41 bits per heavy atom. The largest absolute Gasteiger partial charge is 0.351 e. The van der Waals surface area contributed by atoms with Gasteiger partial charge in [-0.25, -0.2) is 8.42 Å². The molecule has 1 aromatic heterocycles. The van der Waals surface area contributed by atoms with Gasteiger partial charge in [0.1, 0.15) is 0 Å². The van der Waals surface area contributed by atoms with Crippen LogP contribution < -0.4 is 5.32 Å². The minimum Gasteiger partial charge on any atom is -0.351 e. The number of thioether (sulfide) groups is 1. The summed E-state index contributed by atoms with van der Waals surface area (Å²) in [6.45, 7) is 1.64. The third kappa shape index (κ3) is 5.03. The molecule has 0 saturated carbocycles. The van der Waals surface area contributed by atoms with Crippen LogP contribution in [0, 0.1) is 0 Å². The van der Waals surface area contributed by atoms with Gasteiger partial charge in [-0.3, -0.25) is 4.79 Å². The lowest BCUT2D eigenvalue weighted by Crippen LogP contribution is -2.27. The lowest BCUT2D eigenvalue weighted by Gasteiger charge is -2.15. The molecule has 0 radical (unpaired) electrons. The van der Waals surface area contributed by atoms with Gasteiger partial charge in [0.25, 0.3) is 0 Å². The molecule has 1 aliphatic heterocycles. The van der Waals surface area contributed by atoms with Gasteiger partial charge < -0.3 is 9.88 Å². The molecule has 1 N–H and O–H groups in total. The van der Waals surface area contributed by atoms with Crippen LogP contribution in [0.4, 0.5) is 0 Å². The van der Waals surface area contributed by atoms with E-state index in [1.165, 1.54) is 16.1 Å². The third-order valence-electron chi connectivity index (χ3n) is 5.32. The maximum Gasteiger partial charge on any atom is 0.243 e. The summed E-state index contributed by atoms with van der Waals surface area (Å²) in [5.41, 5.74) is 1.81. The minimum absolute atomic E-state index is 0.0834. The fourth-order valence-electron chi connectivity index (χ4n) is 3.52. The molecule has 0 spiro atoms. The van der Waals surface area contributed by atoms with Crippen molar-refractivity contribution >= 4 is 27.7 Å². The van der Waals surface area contributed by atoms with Gasteiger partial charge in [0.15, 0.2) is 11.0 Å². The summed E-state index contributed by atoms with van der Waals surface area (Å²) >= 11 is 1.30. The van der Waals surface area contributed by atoms with Crippen molar-refractivity contribution in [3.8, 4) is 11.4 Å². The van der Waals surface area contributed by atoms with Crippen LogP contribution in [0.3, 0.4) is 0 Å². The molecule has 4 rings (SSSR count). The van der Waals surface area contributed by atoms with E-state index in [1.807, 2.05) is 37.4 Å². The summed E-state index contributed by atoms with van der Waals surface area (Å²) in [5.74, 6) is 0.758. The van der Waals surface area contributed by atoms with Gasteiger partial charge in [-0.05, 0) is 42.7 Å². The zero-order valence-electron chi connectivity index (χ0n) is 17.8. The molecule has 0 unspecified atom stereocenters. The van der Waals surface area contributed by atoms with Gasteiger partial charge in [-0.1, -0.05) is 42.1 Å². The lowest BCUT2D eigenvalue weighted by molar-refractivity contribution is -0.118. The van der Waals surface area contributed by atoms with E-state index in [9.17, 15) is 13.2 Å².